The predicted octanol–water partition coefficient (Wildman–Crippen LogP) is 3.27. The van der Waals surface area contributed by atoms with Crippen LogP contribution in [0.2, 0.25) is 0 Å². The first-order valence-electron chi connectivity index (χ1n) is 7.20. The third kappa shape index (κ3) is 7.39. The van der Waals surface area contributed by atoms with E-state index in [-0.39, 0.29) is 6.10 Å². The van der Waals surface area contributed by atoms with Crippen molar-refractivity contribution in [3.63, 3.8) is 0 Å². The van der Waals surface area contributed by atoms with Gasteiger partial charge in [-0.15, -0.1) is 0 Å². The number of esters is 1. The van der Waals surface area contributed by atoms with Crippen molar-refractivity contribution in [2.45, 2.75) is 65.5 Å². The van der Waals surface area contributed by atoms with Crippen molar-refractivity contribution < 1.29 is 23.1 Å². The summed E-state index contributed by atoms with van der Waals surface area (Å²) in [5, 5.41) is 2.59. The average Bonchev–Trinajstić information content (AvgIpc) is 2.44. The van der Waals surface area contributed by atoms with Gasteiger partial charge < -0.3 is 9.26 Å². The Morgan fingerprint density at radius 3 is 2.30 bits per heavy atom. The van der Waals surface area contributed by atoms with Gasteiger partial charge in [0.15, 0.2) is 0 Å². The third-order valence-electron chi connectivity index (χ3n) is 2.90. The molecule has 2 unspecified atom stereocenters. The van der Waals surface area contributed by atoms with Crippen molar-refractivity contribution in [2.75, 3.05) is 13.7 Å². The number of rotatable bonds is 11. The Balaban J connectivity index is 4.41. The topological polar surface area (TPSA) is 73.9 Å². The van der Waals surface area contributed by atoms with Crippen LogP contribution >= 0.6 is 7.75 Å². The van der Waals surface area contributed by atoms with E-state index in [1.807, 2.05) is 20.8 Å². The Hall–Kier alpha value is -0.420. The summed E-state index contributed by atoms with van der Waals surface area (Å²) in [6.07, 6.45) is 3.10. The molecule has 0 aliphatic rings. The fourth-order valence-electron chi connectivity index (χ4n) is 1.48. The highest BCUT2D eigenvalue weighted by atomic mass is 31.2. The van der Waals surface area contributed by atoms with Crippen molar-refractivity contribution in [1.29, 1.82) is 0 Å². The molecule has 0 aromatic rings. The summed E-state index contributed by atoms with van der Waals surface area (Å²) in [7, 11) is -2.16. The van der Waals surface area contributed by atoms with Gasteiger partial charge in [-0.25, -0.2) is 9.65 Å². The average molecular weight is 309 g/mol. The first-order valence-corrected chi connectivity index (χ1v) is 8.75. The van der Waals surface area contributed by atoms with Crippen LogP contribution in [0.1, 0.15) is 53.4 Å². The molecule has 0 aromatic carbocycles. The zero-order valence-electron chi connectivity index (χ0n) is 13.2. The maximum atomic E-state index is 12.2. The number of carbonyl (C=O) groups excluding carboxylic acids is 1. The van der Waals surface area contributed by atoms with Gasteiger partial charge in [-0.3, -0.25) is 9.32 Å². The van der Waals surface area contributed by atoms with Crippen LogP contribution in [-0.4, -0.2) is 31.8 Å². The van der Waals surface area contributed by atoms with Gasteiger partial charge in [-0.05, 0) is 26.2 Å². The summed E-state index contributed by atoms with van der Waals surface area (Å²) in [6.45, 7) is 7.81. The number of carbonyl (C=O) groups is 1. The minimum Gasteiger partial charge on any atom is -0.461 e. The number of hydrogen-bond donors (Lipinski definition) is 1. The van der Waals surface area contributed by atoms with Crippen LogP contribution in [0.15, 0.2) is 0 Å². The van der Waals surface area contributed by atoms with Gasteiger partial charge in [0.2, 0.25) is 0 Å². The van der Waals surface area contributed by atoms with Gasteiger partial charge in [-0.1, -0.05) is 27.2 Å². The molecule has 0 aliphatic carbocycles. The van der Waals surface area contributed by atoms with Gasteiger partial charge in [0.25, 0.3) is 0 Å². The van der Waals surface area contributed by atoms with E-state index in [0.29, 0.717) is 6.61 Å². The molecule has 120 valence electrons. The Morgan fingerprint density at radius 1 is 1.25 bits per heavy atom. The summed E-state index contributed by atoms with van der Waals surface area (Å²) in [6, 6.07) is -0.747. The molecule has 0 fully saturated rings. The van der Waals surface area contributed by atoms with Gasteiger partial charge in [-0.2, -0.15) is 0 Å². The number of nitrogens with one attached hydrogen (secondary N) is 1. The normalized spacial score (nSPS) is 15.9. The quantitative estimate of drug-likeness (QED) is 0.359. The van der Waals surface area contributed by atoms with E-state index in [1.165, 1.54) is 7.11 Å². The minimum absolute atomic E-state index is 0.116. The first kappa shape index (κ1) is 19.6. The summed E-state index contributed by atoms with van der Waals surface area (Å²) in [5.74, 6) is -0.449. The van der Waals surface area contributed by atoms with Gasteiger partial charge >= 0.3 is 13.7 Å². The summed E-state index contributed by atoms with van der Waals surface area (Å²) in [4.78, 5) is 11.9. The lowest BCUT2D eigenvalue weighted by atomic mass is 10.2. The zero-order chi connectivity index (χ0) is 15.6. The molecule has 1 N–H and O–H groups in total. The van der Waals surface area contributed by atoms with E-state index in [0.717, 1.165) is 25.7 Å². The first-order chi connectivity index (χ1) is 9.42. The molecular weight excluding hydrogens is 281 g/mol. The van der Waals surface area contributed by atoms with E-state index < -0.39 is 19.8 Å². The summed E-state index contributed by atoms with van der Waals surface area (Å²) in [5.41, 5.74) is 0. The molecule has 20 heavy (non-hydrogen) atoms. The molecule has 0 aromatic heterocycles. The molecule has 0 heterocycles. The summed E-state index contributed by atoms with van der Waals surface area (Å²) >= 11 is 0. The second-order valence-electron chi connectivity index (χ2n) is 4.59. The summed E-state index contributed by atoms with van der Waals surface area (Å²) < 4.78 is 27.6. The van der Waals surface area contributed by atoms with Crippen LogP contribution in [0.25, 0.3) is 0 Å². The monoisotopic (exact) mass is 309 g/mol. The maximum Gasteiger partial charge on any atom is 0.405 e. The SMILES string of the molecule is CCCCOP(=O)(NC(C)C(=O)OC(CC)CC)OC. The number of ether oxygens (including phenoxy) is 1. The van der Waals surface area contributed by atoms with Crippen molar-refractivity contribution >= 4 is 13.7 Å². The zero-order valence-corrected chi connectivity index (χ0v) is 14.1. The van der Waals surface area contributed by atoms with Crippen molar-refractivity contribution in [3.05, 3.63) is 0 Å². The maximum absolute atomic E-state index is 12.2. The minimum atomic E-state index is -3.45. The molecule has 2 atom stereocenters. The Morgan fingerprint density at radius 2 is 1.85 bits per heavy atom. The van der Waals surface area contributed by atoms with Crippen LogP contribution in [0.4, 0.5) is 0 Å². The van der Waals surface area contributed by atoms with Gasteiger partial charge in [0, 0.05) is 7.11 Å². The van der Waals surface area contributed by atoms with Crippen LogP contribution in [0.3, 0.4) is 0 Å². The lowest BCUT2D eigenvalue weighted by molar-refractivity contribution is -0.151. The van der Waals surface area contributed by atoms with E-state index in [4.69, 9.17) is 13.8 Å². The standard InChI is InChI=1S/C13H28NO5P/c1-6-9-10-18-20(16,17-5)14-11(4)13(15)19-12(7-2)8-3/h11-12H,6-10H2,1-5H3,(H,14,16). The van der Waals surface area contributed by atoms with Crippen LogP contribution in [0, 0.1) is 0 Å². The molecule has 0 saturated heterocycles. The lowest BCUT2D eigenvalue weighted by Crippen LogP contribution is -2.36. The molecule has 7 heteroatoms. The molecule has 0 radical (unpaired) electrons. The Labute approximate surface area is 122 Å². The molecular formula is C13H28NO5P. The molecule has 0 amide bonds. The predicted molar refractivity (Wildman–Crippen MR) is 78.5 cm³/mol. The van der Waals surface area contributed by atoms with Crippen LogP contribution in [-0.2, 0) is 23.1 Å². The fraction of sp³-hybridized carbons (Fsp3) is 0.923. The number of unbranched alkanes of at least 4 members (excludes halogenated alkanes) is 1. The fourth-order valence-corrected chi connectivity index (χ4v) is 2.72. The van der Waals surface area contributed by atoms with E-state index in [9.17, 15) is 9.36 Å². The van der Waals surface area contributed by atoms with Crippen molar-refractivity contribution in [1.82, 2.24) is 5.09 Å². The van der Waals surface area contributed by atoms with E-state index in [2.05, 4.69) is 5.09 Å². The van der Waals surface area contributed by atoms with E-state index in [1.54, 1.807) is 6.92 Å². The highest BCUT2D eigenvalue weighted by Gasteiger charge is 2.29. The Kier molecular flexibility index (Phi) is 10.1. The number of hydrogen-bond acceptors (Lipinski definition) is 5. The second-order valence-corrected chi connectivity index (χ2v) is 6.47. The molecule has 6 nitrogen and oxygen atoms in total. The molecule has 0 rings (SSSR count). The second kappa shape index (κ2) is 10.3. The smallest absolute Gasteiger partial charge is 0.405 e. The third-order valence-corrected chi connectivity index (χ3v) is 4.61. The highest BCUT2D eigenvalue weighted by Crippen LogP contribution is 2.43. The van der Waals surface area contributed by atoms with Crippen LogP contribution in [0.5, 0.6) is 0 Å². The van der Waals surface area contributed by atoms with Crippen molar-refractivity contribution in [3.8, 4) is 0 Å². The molecule has 0 aliphatic heterocycles. The largest absolute Gasteiger partial charge is 0.461 e. The highest BCUT2D eigenvalue weighted by molar-refractivity contribution is 7.51. The lowest BCUT2D eigenvalue weighted by Gasteiger charge is -2.22. The molecule has 0 bridgehead atoms. The van der Waals surface area contributed by atoms with Crippen molar-refractivity contribution in [2.24, 2.45) is 0 Å². The molecule has 0 saturated carbocycles. The van der Waals surface area contributed by atoms with Gasteiger partial charge in [0.1, 0.15) is 12.1 Å². The van der Waals surface area contributed by atoms with Crippen LogP contribution < -0.4 is 5.09 Å². The Bertz CT molecular complexity index is 320. The molecule has 0 spiro atoms. The van der Waals surface area contributed by atoms with E-state index >= 15 is 0 Å². The van der Waals surface area contributed by atoms with Gasteiger partial charge in [0.05, 0.1) is 6.61 Å².